The summed E-state index contributed by atoms with van der Waals surface area (Å²) < 4.78 is 0.860. The summed E-state index contributed by atoms with van der Waals surface area (Å²) in [4.78, 5) is 12.5. The smallest absolute Gasteiger partial charge is 0.251 e. The maximum atomic E-state index is 12.5. The lowest BCUT2D eigenvalue weighted by Crippen LogP contribution is -2.24. The predicted octanol–water partition coefficient (Wildman–Crippen LogP) is 4.81. The number of halogens is 3. The molecule has 0 aliphatic carbocycles. The molecule has 0 aliphatic rings. The van der Waals surface area contributed by atoms with Crippen molar-refractivity contribution >= 4 is 62.0 Å². The fourth-order valence-corrected chi connectivity index (χ4v) is 3.43. The molecule has 0 fully saturated rings. The molecule has 0 spiro atoms. The molecule has 0 atom stereocenters. The maximum Gasteiger partial charge on any atom is 0.251 e. The zero-order chi connectivity index (χ0) is 17.7. The lowest BCUT2D eigenvalue weighted by molar-refractivity contribution is 0.0950. The average Bonchev–Trinajstić information content (AvgIpc) is 2.52. The van der Waals surface area contributed by atoms with Crippen LogP contribution in [0.1, 0.15) is 21.5 Å². The van der Waals surface area contributed by atoms with Crippen LogP contribution in [0.3, 0.4) is 0 Å². The Balaban J connectivity index is 2.12. The number of nitrogens with two attached hydrogens (primary N) is 1. The van der Waals surface area contributed by atoms with Crippen molar-refractivity contribution in [3.63, 3.8) is 0 Å². The Morgan fingerprint density at radius 2 is 1.96 bits per heavy atom. The second-order valence-electron chi connectivity index (χ2n) is 4.87. The minimum absolute atomic E-state index is 0.00859. The molecule has 0 aliphatic heterocycles. The molecule has 0 unspecified atom stereocenters. The molecule has 2 rings (SSSR count). The van der Waals surface area contributed by atoms with Crippen molar-refractivity contribution < 1.29 is 4.79 Å². The van der Waals surface area contributed by atoms with Gasteiger partial charge in [-0.3, -0.25) is 10.2 Å². The van der Waals surface area contributed by atoms with Gasteiger partial charge in [0.15, 0.2) is 5.17 Å². The van der Waals surface area contributed by atoms with Gasteiger partial charge in [0.2, 0.25) is 0 Å². The molecule has 4 N–H and O–H groups in total. The first-order valence-electron chi connectivity index (χ1n) is 6.84. The van der Waals surface area contributed by atoms with Gasteiger partial charge in [-0.25, -0.2) is 0 Å². The average molecular weight is 447 g/mol. The lowest BCUT2D eigenvalue weighted by atomic mass is 10.1. The van der Waals surface area contributed by atoms with Crippen molar-refractivity contribution in [1.29, 1.82) is 5.41 Å². The monoisotopic (exact) mass is 445 g/mol. The normalized spacial score (nSPS) is 10.5. The Kier molecular flexibility index (Phi) is 6.98. The van der Waals surface area contributed by atoms with Gasteiger partial charge in [-0.15, -0.1) is 0 Å². The van der Waals surface area contributed by atoms with E-state index in [-0.39, 0.29) is 11.1 Å². The molecule has 2 aromatic carbocycles. The SMILES string of the molecule is N=C(N)SCc1cc(Br)ccc1C(=O)NCc1ccc(Cl)cc1Cl. The quantitative estimate of drug-likeness (QED) is 0.455. The number of carbonyl (C=O) groups excluding carboxylic acids is 1. The first-order valence-corrected chi connectivity index (χ1v) is 9.37. The van der Waals surface area contributed by atoms with Gasteiger partial charge in [0, 0.05) is 32.4 Å². The van der Waals surface area contributed by atoms with Gasteiger partial charge in [0.05, 0.1) is 0 Å². The molecular weight excluding hydrogens is 433 g/mol. The Labute approximate surface area is 162 Å². The van der Waals surface area contributed by atoms with Gasteiger partial charge in [-0.1, -0.05) is 57.0 Å². The molecule has 0 aromatic heterocycles. The van der Waals surface area contributed by atoms with Gasteiger partial charge < -0.3 is 11.1 Å². The van der Waals surface area contributed by atoms with Crippen LogP contribution in [-0.4, -0.2) is 11.1 Å². The van der Waals surface area contributed by atoms with E-state index < -0.39 is 0 Å². The van der Waals surface area contributed by atoms with Crippen LogP contribution in [0.15, 0.2) is 40.9 Å². The summed E-state index contributed by atoms with van der Waals surface area (Å²) in [5.74, 6) is 0.229. The summed E-state index contributed by atoms with van der Waals surface area (Å²) in [5.41, 5.74) is 7.49. The highest BCUT2D eigenvalue weighted by atomic mass is 79.9. The number of amidine groups is 1. The molecule has 0 radical (unpaired) electrons. The summed E-state index contributed by atoms with van der Waals surface area (Å²) in [6, 6.07) is 10.5. The topological polar surface area (TPSA) is 79.0 Å². The molecule has 4 nitrogen and oxygen atoms in total. The van der Waals surface area contributed by atoms with Crippen molar-refractivity contribution in [2.45, 2.75) is 12.3 Å². The number of amides is 1. The fraction of sp³-hybridized carbons (Fsp3) is 0.125. The number of hydrogen-bond donors (Lipinski definition) is 3. The van der Waals surface area contributed by atoms with Gasteiger partial charge >= 0.3 is 0 Å². The van der Waals surface area contributed by atoms with E-state index in [1.807, 2.05) is 6.07 Å². The van der Waals surface area contributed by atoms with Crippen LogP contribution in [-0.2, 0) is 12.3 Å². The Hall–Kier alpha value is -1.21. The van der Waals surface area contributed by atoms with Gasteiger partial charge in [-0.2, -0.15) is 0 Å². The predicted molar refractivity (Wildman–Crippen MR) is 105 cm³/mol. The van der Waals surface area contributed by atoms with E-state index in [2.05, 4.69) is 21.2 Å². The Morgan fingerprint density at radius 1 is 1.21 bits per heavy atom. The van der Waals surface area contributed by atoms with Gasteiger partial charge in [0.1, 0.15) is 0 Å². The van der Waals surface area contributed by atoms with E-state index in [4.69, 9.17) is 34.3 Å². The molecule has 24 heavy (non-hydrogen) atoms. The Morgan fingerprint density at radius 3 is 2.62 bits per heavy atom. The second kappa shape index (κ2) is 8.76. The van der Waals surface area contributed by atoms with E-state index in [0.29, 0.717) is 27.9 Å². The van der Waals surface area contributed by atoms with Crippen molar-refractivity contribution in [1.82, 2.24) is 5.32 Å². The Bertz CT molecular complexity index is 786. The molecule has 0 heterocycles. The number of carbonyl (C=O) groups is 1. The van der Waals surface area contributed by atoms with E-state index in [0.717, 1.165) is 15.6 Å². The number of hydrogen-bond acceptors (Lipinski definition) is 3. The van der Waals surface area contributed by atoms with Crippen LogP contribution in [0.2, 0.25) is 10.0 Å². The highest BCUT2D eigenvalue weighted by Crippen LogP contribution is 2.23. The molecule has 2 aromatic rings. The van der Waals surface area contributed by atoms with Crippen LogP contribution < -0.4 is 11.1 Å². The fourth-order valence-electron chi connectivity index (χ4n) is 1.99. The number of thioether (sulfide) groups is 1. The number of rotatable bonds is 5. The number of benzene rings is 2. The molecular formula is C16H14BrCl2N3OS. The van der Waals surface area contributed by atoms with Crippen LogP contribution >= 0.6 is 50.9 Å². The highest BCUT2D eigenvalue weighted by Gasteiger charge is 2.13. The van der Waals surface area contributed by atoms with Crippen molar-refractivity contribution in [2.75, 3.05) is 0 Å². The van der Waals surface area contributed by atoms with E-state index in [1.165, 1.54) is 11.8 Å². The maximum absolute atomic E-state index is 12.5. The van der Waals surface area contributed by atoms with Crippen LogP contribution in [0.4, 0.5) is 0 Å². The highest BCUT2D eigenvalue weighted by molar-refractivity contribution is 9.10. The summed E-state index contributed by atoms with van der Waals surface area (Å²) in [7, 11) is 0. The molecule has 8 heteroatoms. The lowest BCUT2D eigenvalue weighted by Gasteiger charge is -2.11. The van der Waals surface area contributed by atoms with Crippen molar-refractivity contribution in [3.05, 3.63) is 67.6 Å². The summed E-state index contributed by atoms with van der Waals surface area (Å²) in [5, 5.41) is 11.2. The van der Waals surface area contributed by atoms with E-state index >= 15 is 0 Å². The molecule has 1 amide bonds. The van der Waals surface area contributed by atoms with Gasteiger partial charge in [0.25, 0.3) is 5.91 Å². The summed E-state index contributed by atoms with van der Waals surface area (Å²) in [6.07, 6.45) is 0. The zero-order valence-electron chi connectivity index (χ0n) is 12.4. The largest absolute Gasteiger partial charge is 0.379 e. The van der Waals surface area contributed by atoms with E-state index in [9.17, 15) is 4.79 Å². The molecule has 0 saturated heterocycles. The zero-order valence-corrected chi connectivity index (χ0v) is 16.3. The first kappa shape index (κ1) is 19.1. The molecule has 0 bridgehead atoms. The van der Waals surface area contributed by atoms with Crippen LogP contribution in [0.5, 0.6) is 0 Å². The third-order valence-electron chi connectivity index (χ3n) is 3.15. The molecule has 0 saturated carbocycles. The van der Waals surface area contributed by atoms with Crippen LogP contribution in [0.25, 0.3) is 0 Å². The van der Waals surface area contributed by atoms with Crippen molar-refractivity contribution in [2.24, 2.45) is 5.73 Å². The van der Waals surface area contributed by atoms with E-state index in [1.54, 1.807) is 30.3 Å². The third-order valence-corrected chi connectivity index (χ3v) is 5.00. The second-order valence-corrected chi connectivity index (χ2v) is 7.65. The standard InChI is InChI=1S/C16H14BrCl2N3OS/c17-11-2-4-13(10(5-11)8-24-16(20)21)15(23)22-7-9-1-3-12(18)6-14(9)19/h1-6H,7-8H2,(H3,20,21)(H,22,23). The summed E-state index contributed by atoms with van der Waals surface area (Å²) >= 11 is 16.5. The minimum Gasteiger partial charge on any atom is -0.379 e. The van der Waals surface area contributed by atoms with Gasteiger partial charge in [-0.05, 0) is 41.5 Å². The van der Waals surface area contributed by atoms with Crippen molar-refractivity contribution in [3.8, 4) is 0 Å². The third kappa shape index (κ3) is 5.41. The molecule has 126 valence electrons. The number of nitrogens with one attached hydrogen (secondary N) is 2. The minimum atomic E-state index is -0.215. The summed E-state index contributed by atoms with van der Waals surface area (Å²) in [6.45, 7) is 0.296. The first-order chi connectivity index (χ1) is 11.4. The van der Waals surface area contributed by atoms with Crippen LogP contribution in [0, 0.1) is 5.41 Å².